The highest BCUT2D eigenvalue weighted by Crippen LogP contribution is 2.39. The van der Waals surface area contributed by atoms with Crippen molar-refractivity contribution in [3.8, 4) is 0 Å². The highest BCUT2D eigenvalue weighted by molar-refractivity contribution is 5.49. The Labute approximate surface area is 85.8 Å². The molecule has 1 unspecified atom stereocenters. The van der Waals surface area contributed by atoms with Crippen LogP contribution in [0.25, 0.3) is 0 Å². The van der Waals surface area contributed by atoms with Gasteiger partial charge in [0, 0.05) is 6.42 Å². The fraction of sp³-hybridized carbons (Fsp3) is 0.900. The van der Waals surface area contributed by atoms with Crippen molar-refractivity contribution < 1.29 is 22.4 Å². The normalized spacial score (nSPS) is 29.9. The van der Waals surface area contributed by atoms with Crippen LogP contribution in [0.3, 0.4) is 0 Å². The van der Waals surface area contributed by atoms with Crippen molar-refractivity contribution in [1.29, 1.82) is 0 Å². The molecule has 0 bridgehead atoms. The second-order valence-corrected chi connectivity index (χ2v) is 4.13. The first-order chi connectivity index (χ1) is 6.95. The maximum atomic E-state index is 12.9. The average molecular weight is 226 g/mol. The molecule has 1 fully saturated rings. The molecule has 0 heterocycles. The van der Waals surface area contributed by atoms with Crippen molar-refractivity contribution in [2.45, 2.75) is 44.5 Å². The smallest absolute Gasteiger partial charge is 0.303 e. The van der Waals surface area contributed by atoms with Crippen LogP contribution in [0.4, 0.5) is 17.6 Å². The summed E-state index contributed by atoms with van der Waals surface area (Å²) in [6.45, 7) is 0. The third kappa shape index (κ3) is 3.47. The van der Waals surface area contributed by atoms with Gasteiger partial charge < -0.3 is 4.79 Å². The lowest BCUT2D eigenvalue weighted by Gasteiger charge is -2.30. The number of carbonyl (C=O) groups is 1. The highest BCUT2D eigenvalue weighted by Gasteiger charge is 2.45. The van der Waals surface area contributed by atoms with Crippen molar-refractivity contribution in [2.75, 3.05) is 0 Å². The number of hydrogen-bond acceptors (Lipinski definition) is 1. The Morgan fingerprint density at radius 1 is 1.20 bits per heavy atom. The van der Waals surface area contributed by atoms with Gasteiger partial charge in [0.15, 0.2) is 6.17 Å². The maximum absolute atomic E-state index is 12.9. The molecule has 15 heavy (non-hydrogen) atoms. The molecule has 1 nitrogen and oxygen atoms in total. The summed E-state index contributed by atoms with van der Waals surface area (Å²) in [6, 6.07) is 0. The second-order valence-electron chi connectivity index (χ2n) is 4.13. The first-order valence-electron chi connectivity index (χ1n) is 5.09. The van der Waals surface area contributed by atoms with Gasteiger partial charge in [-0.2, -0.15) is 13.2 Å². The molecule has 1 atom stereocenters. The van der Waals surface area contributed by atoms with E-state index in [-0.39, 0.29) is 18.8 Å². The zero-order valence-corrected chi connectivity index (χ0v) is 8.27. The Morgan fingerprint density at radius 3 is 2.13 bits per heavy atom. The number of carbonyl (C=O) groups excluding carboxylic acids is 1. The number of aldehydes is 1. The van der Waals surface area contributed by atoms with E-state index >= 15 is 0 Å². The molecule has 0 radical (unpaired) electrons. The maximum Gasteiger partial charge on any atom is 0.419 e. The van der Waals surface area contributed by atoms with Gasteiger partial charge in [-0.15, -0.1) is 0 Å². The van der Waals surface area contributed by atoms with Gasteiger partial charge in [-0.25, -0.2) is 4.39 Å². The Kier molecular flexibility index (Phi) is 4.11. The van der Waals surface area contributed by atoms with E-state index in [1.165, 1.54) is 0 Å². The molecule has 0 amide bonds. The summed E-state index contributed by atoms with van der Waals surface area (Å²) >= 11 is 0. The van der Waals surface area contributed by atoms with Crippen molar-refractivity contribution in [2.24, 2.45) is 11.8 Å². The molecule has 0 aromatic heterocycles. The molecule has 1 rings (SSSR count). The van der Waals surface area contributed by atoms with Gasteiger partial charge in [-0.1, -0.05) is 0 Å². The molecule has 0 aliphatic heterocycles. The molecule has 0 spiro atoms. The highest BCUT2D eigenvalue weighted by atomic mass is 19.4. The zero-order valence-electron chi connectivity index (χ0n) is 8.27. The van der Waals surface area contributed by atoms with Crippen LogP contribution in [0.2, 0.25) is 0 Å². The minimum absolute atomic E-state index is 0.152. The molecular weight excluding hydrogens is 212 g/mol. The van der Waals surface area contributed by atoms with Crippen molar-refractivity contribution in [1.82, 2.24) is 0 Å². The molecule has 1 aliphatic carbocycles. The van der Waals surface area contributed by atoms with Crippen molar-refractivity contribution >= 4 is 6.29 Å². The topological polar surface area (TPSA) is 17.1 Å². The molecule has 0 N–H and O–H groups in total. The second kappa shape index (κ2) is 4.94. The van der Waals surface area contributed by atoms with Crippen molar-refractivity contribution in [3.63, 3.8) is 0 Å². The molecule has 1 aliphatic rings. The Bertz CT molecular complexity index is 206. The van der Waals surface area contributed by atoms with Crippen LogP contribution >= 0.6 is 0 Å². The minimum atomic E-state index is -4.73. The Hall–Kier alpha value is -0.610. The number of alkyl halides is 4. The molecule has 88 valence electrons. The monoisotopic (exact) mass is 226 g/mol. The largest absolute Gasteiger partial charge is 0.419 e. The van der Waals surface area contributed by atoms with Crippen LogP contribution < -0.4 is 0 Å². The van der Waals surface area contributed by atoms with E-state index in [1.54, 1.807) is 0 Å². The van der Waals surface area contributed by atoms with Crippen LogP contribution in [0.15, 0.2) is 0 Å². The summed E-state index contributed by atoms with van der Waals surface area (Å²) in [5.74, 6) is -0.757. The van der Waals surface area contributed by atoms with E-state index < -0.39 is 18.3 Å². The predicted octanol–water partition coefficient (Wildman–Crippen LogP) is 3.28. The van der Waals surface area contributed by atoms with Gasteiger partial charge in [0.05, 0.1) is 0 Å². The quantitative estimate of drug-likeness (QED) is 0.533. The lowest BCUT2D eigenvalue weighted by Crippen LogP contribution is -2.34. The first-order valence-corrected chi connectivity index (χ1v) is 5.09. The Balaban J connectivity index is 2.40. The number of rotatable bonds is 3. The Morgan fingerprint density at radius 2 is 1.73 bits per heavy atom. The van der Waals surface area contributed by atoms with Gasteiger partial charge in [0.2, 0.25) is 0 Å². The van der Waals surface area contributed by atoms with Gasteiger partial charge >= 0.3 is 6.18 Å². The van der Waals surface area contributed by atoms with E-state index in [0.29, 0.717) is 19.3 Å². The van der Waals surface area contributed by atoms with E-state index in [1.807, 2.05) is 0 Å². The summed E-state index contributed by atoms with van der Waals surface area (Å²) in [7, 11) is 0. The zero-order chi connectivity index (χ0) is 11.5. The average Bonchev–Trinajstić information content (AvgIpc) is 2.17. The van der Waals surface area contributed by atoms with Crippen LogP contribution in [-0.4, -0.2) is 18.6 Å². The van der Waals surface area contributed by atoms with Crippen LogP contribution in [0.5, 0.6) is 0 Å². The SMILES string of the molecule is O=CCC1CCC(C(F)C(F)(F)F)CC1. The first kappa shape index (κ1) is 12.5. The number of halogens is 4. The third-order valence-corrected chi connectivity index (χ3v) is 3.05. The molecule has 0 aromatic rings. The van der Waals surface area contributed by atoms with E-state index in [4.69, 9.17) is 0 Å². The van der Waals surface area contributed by atoms with Crippen LogP contribution in [-0.2, 0) is 4.79 Å². The fourth-order valence-corrected chi connectivity index (χ4v) is 2.12. The molecule has 5 heteroatoms. The fourth-order valence-electron chi connectivity index (χ4n) is 2.12. The lowest BCUT2D eigenvalue weighted by atomic mass is 9.78. The standard InChI is InChI=1S/C10H14F4O/c11-9(10(12,13)14)8-3-1-7(2-4-8)5-6-15/h6-9H,1-5H2. The van der Waals surface area contributed by atoms with Gasteiger partial charge in [0.25, 0.3) is 0 Å². The van der Waals surface area contributed by atoms with E-state index in [9.17, 15) is 22.4 Å². The van der Waals surface area contributed by atoms with Gasteiger partial charge in [-0.05, 0) is 37.5 Å². The summed E-state index contributed by atoms with van der Waals surface area (Å²) in [5, 5.41) is 0. The minimum Gasteiger partial charge on any atom is -0.303 e. The number of hydrogen-bond donors (Lipinski definition) is 0. The van der Waals surface area contributed by atoms with Crippen LogP contribution in [0.1, 0.15) is 32.1 Å². The van der Waals surface area contributed by atoms with Gasteiger partial charge in [0.1, 0.15) is 6.29 Å². The molecule has 1 saturated carbocycles. The lowest BCUT2D eigenvalue weighted by molar-refractivity contribution is -0.197. The van der Waals surface area contributed by atoms with E-state index in [2.05, 4.69) is 0 Å². The van der Waals surface area contributed by atoms with Gasteiger partial charge in [-0.3, -0.25) is 0 Å². The molecular formula is C10H14F4O. The van der Waals surface area contributed by atoms with Crippen molar-refractivity contribution in [3.05, 3.63) is 0 Å². The predicted molar refractivity (Wildman–Crippen MR) is 47.1 cm³/mol. The summed E-state index contributed by atoms with van der Waals surface area (Å²) in [5.41, 5.74) is 0. The summed E-state index contributed by atoms with van der Waals surface area (Å²) in [4.78, 5) is 10.2. The molecule has 0 saturated heterocycles. The molecule has 0 aromatic carbocycles. The van der Waals surface area contributed by atoms with Crippen LogP contribution in [0, 0.1) is 11.8 Å². The van der Waals surface area contributed by atoms with E-state index in [0.717, 1.165) is 6.29 Å². The third-order valence-electron chi connectivity index (χ3n) is 3.05. The summed E-state index contributed by atoms with van der Waals surface area (Å²) in [6.07, 6.45) is -4.74. The summed E-state index contributed by atoms with van der Waals surface area (Å²) < 4.78 is 49.1.